The van der Waals surface area contributed by atoms with Gasteiger partial charge in [-0.1, -0.05) is 48.0 Å². The Balaban J connectivity index is 2.29. The minimum Gasteiger partial charge on any atom is -0.299 e. The second-order valence-corrected chi connectivity index (χ2v) is 5.49. The van der Waals surface area contributed by atoms with Gasteiger partial charge in [-0.3, -0.25) is 9.36 Å². The molecule has 0 amide bonds. The first kappa shape index (κ1) is 15.3. The molecule has 23 heavy (non-hydrogen) atoms. The monoisotopic (exact) mass is 317 g/mol. The third kappa shape index (κ3) is 3.13. The first-order valence-electron chi connectivity index (χ1n) is 7.11. The van der Waals surface area contributed by atoms with Gasteiger partial charge in [0.1, 0.15) is 6.54 Å². The van der Waals surface area contributed by atoms with Gasteiger partial charge in [0.2, 0.25) is 0 Å². The number of aryl methyl sites for hydroxylation is 1. The number of fused-ring (bicyclic) bond motifs is 1. The molecule has 0 atom stereocenters. The SMILES string of the molecule is Cc1ccc(-c2cc3ccccc3n(CC(F)(F)F)c2=O)cc1. The van der Waals surface area contributed by atoms with Crippen LogP contribution in [-0.2, 0) is 6.54 Å². The van der Waals surface area contributed by atoms with Gasteiger partial charge in [0, 0.05) is 5.56 Å². The number of para-hydroxylation sites is 1. The normalized spacial score (nSPS) is 11.8. The van der Waals surface area contributed by atoms with E-state index in [2.05, 4.69) is 0 Å². The number of pyridine rings is 1. The van der Waals surface area contributed by atoms with E-state index in [1.165, 1.54) is 6.07 Å². The van der Waals surface area contributed by atoms with Gasteiger partial charge in [0.15, 0.2) is 0 Å². The average molecular weight is 317 g/mol. The van der Waals surface area contributed by atoms with Crippen molar-refractivity contribution >= 4 is 10.9 Å². The maximum atomic E-state index is 12.9. The van der Waals surface area contributed by atoms with Gasteiger partial charge in [-0.15, -0.1) is 0 Å². The second-order valence-electron chi connectivity index (χ2n) is 5.49. The Labute approximate surface area is 130 Å². The Morgan fingerprint density at radius 2 is 1.65 bits per heavy atom. The van der Waals surface area contributed by atoms with E-state index in [-0.39, 0.29) is 11.1 Å². The zero-order valence-electron chi connectivity index (χ0n) is 12.4. The van der Waals surface area contributed by atoms with Crippen LogP contribution in [0.1, 0.15) is 5.56 Å². The molecule has 0 N–H and O–H groups in total. The van der Waals surface area contributed by atoms with Crippen LogP contribution >= 0.6 is 0 Å². The van der Waals surface area contributed by atoms with Crippen LogP contribution in [0.15, 0.2) is 59.4 Å². The van der Waals surface area contributed by atoms with Crippen molar-refractivity contribution in [2.75, 3.05) is 0 Å². The number of benzene rings is 2. The Morgan fingerprint density at radius 3 is 2.30 bits per heavy atom. The molecule has 5 heteroatoms. The molecule has 118 valence electrons. The largest absolute Gasteiger partial charge is 0.406 e. The van der Waals surface area contributed by atoms with Gasteiger partial charge in [0.25, 0.3) is 5.56 Å². The lowest BCUT2D eigenvalue weighted by molar-refractivity contribution is -0.140. The van der Waals surface area contributed by atoms with Gasteiger partial charge >= 0.3 is 6.18 Å². The van der Waals surface area contributed by atoms with Gasteiger partial charge < -0.3 is 0 Å². The lowest BCUT2D eigenvalue weighted by Crippen LogP contribution is -2.29. The van der Waals surface area contributed by atoms with E-state index < -0.39 is 18.3 Å². The van der Waals surface area contributed by atoms with Gasteiger partial charge in [0.05, 0.1) is 5.52 Å². The highest BCUT2D eigenvalue weighted by molar-refractivity contribution is 5.84. The van der Waals surface area contributed by atoms with E-state index in [1.807, 2.05) is 19.1 Å². The Kier molecular flexibility index (Phi) is 3.72. The molecular weight excluding hydrogens is 303 g/mol. The fraction of sp³-hybridized carbons (Fsp3) is 0.167. The molecular formula is C18H14F3NO. The molecule has 0 aliphatic carbocycles. The molecule has 0 bridgehead atoms. The minimum absolute atomic E-state index is 0.271. The minimum atomic E-state index is -4.46. The molecule has 0 fully saturated rings. The fourth-order valence-corrected chi connectivity index (χ4v) is 2.60. The smallest absolute Gasteiger partial charge is 0.299 e. The van der Waals surface area contributed by atoms with Gasteiger partial charge in [-0.05, 0) is 30.0 Å². The predicted molar refractivity (Wildman–Crippen MR) is 84.4 cm³/mol. The highest BCUT2D eigenvalue weighted by Crippen LogP contribution is 2.24. The van der Waals surface area contributed by atoms with Gasteiger partial charge in [-0.25, -0.2) is 0 Å². The molecule has 0 spiro atoms. The number of rotatable bonds is 2. The maximum absolute atomic E-state index is 12.9. The predicted octanol–water partition coefficient (Wildman–Crippen LogP) is 4.54. The van der Waals surface area contributed by atoms with Crippen LogP contribution in [0.2, 0.25) is 0 Å². The fourth-order valence-electron chi connectivity index (χ4n) is 2.60. The Bertz CT molecular complexity index is 908. The van der Waals surface area contributed by atoms with Crippen molar-refractivity contribution in [3.05, 3.63) is 70.5 Å². The van der Waals surface area contributed by atoms with Crippen molar-refractivity contribution in [1.82, 2.24) is 4.57 Å². The van der Waals surface area contributed by atoms with E-state index in [9.17, 15) is 18.0 Å². The molecule has 0 saturated heterocycles. The lowest BCUT2D eigenvalue weighted by atomic mass is 10.0. The average Bonchev–Trinajstić information content (AvgIpc) is 2.50. The zero-order valence-corrected chi connectivity index (χ0v) is 12.4. The molecule has 2 aromatic carbocycles. The molecule has 3 rings (SSSR count). The highest BCUT2D eigenvalue weighted by atomic mass is 19.4. The van der Waals surface area contributed by atoms with Crippen molar-refractivity contribution in [3.63, 3.8) is 0 Å². The molecule has 0 radical (unpaired) electrons. The maximum Gasteiger partial charge on any atom is 0.406 e. The van der Waals surface area contributed by atoms with Crippen LogP contribution in [0.25, 0.3) is 22.0 Å². The Hall–Kier alpha value is -2.56. The third-order valence-electron chi connectivity index (χ3n) is 3.70. The molecule has 1 heterocycles. The van der Waals surface area contributed by atoms with Crippen LogP contribution < -0.4 is 5.56 Å². The summed E-state index contributed by atoms with van der Waals surface area (Å²) in [6, 6.07) is 15.4. The van der Waals surface area contributed by atoms with E-state index in [0.717, 1.165) is 10.1 Å². The van der Waals surface area contributed by atoms with Crippen LogP contribution in [0.3, 0.4) is 0 Å². The topological polar surface area (TPSA) is 22.0 Å². The van der Waals surface area contributed by atoms with Crippen LogP contribution in [0.4, 0.5) is 13.2 Å². The summed E-state index contributed by atoms with van der Waals surface area (Å²) in [5.74, 6) is 0. The molecule has 0 unspecified atom stereocenters. The molecule has 1 aromatic heterocycles. The third-order valence-corrected chi connectivity index (χ3v) is 3.70. The van der Waals surface area contributed by atoms with Gasteiger partial charge in [-0.2, -0.15) is 13.2 Å². The van der Waals surface area contributed by atoms with Crippen LogP contribution in [0.5, 0.6) is 0 Å². The van der Waals surface area contributed by atoms with Crippen molar-refractivity contribution in [2.24, 2.45) is 0 Å². The van der Waals surface area contributed by atoms with Crippen LogP contribution in [-0.4, -0.2) is 10.7 Å². The van der Waals surface area contributed by atoms with Crippen molar-refractivity contribution in [3.8, 4) is 11.1 Å². The van der Waals surface area contributed by atoms with Crippen molar-refractivity contribution < 1.29 is 13.2 Å². The molecule has 3 aromatic rings. The summed E-state index contributed by atoms with van der Waals surface area (Å²) in [5.41, 5.74) is 1.55. The van der Waals surface area contributed by atoms with E-state index in [1.54, 1.807) is 36.4 Å². The first-order chi connectivity index (χ1) is 10.8. The second kappa shape index (κ2) is 5.57. The van der Waals surface area contributed by atoms with E-state index in [4.69, 9.17) is 0 Å². The quantitative estimate of drug-likeness (QED) is 0.680. The van der Waals surface area contributed by atoms with Crippen molar-refractivity contribution in [1.29, 1.82) is 0 Å². The van der Waals surface area contributed by atoms with Crippen molar-refractivity contribution in [2.45, 2.75) is 19.6 Å². The first-order valence-corrected chi connectivity index (χ1v) is 7.11. The number of aromatic nitrogens is 1. The number of nitrogens with zero attached hydrogens (tertiary/aromatic N) is 1. The van der Waals surface area contributed by atoms with E-state index >= 15 is 0 Å². The summed E-state index contributed by atoms with van der Waals surface area (Å²) in [6.45, 7) is 0.609. The number of halogens is 3. The number of hydrogen-bond donors (Lipinski definition) is 0. The number of alkyl halides is 3. The summed E-state index contributed by atoms with van der Waals surface area (Å²) in [7, 11) is 0. The standard InChI is InChI=1S/C18H14F3NO/c1-12-6-8-13(9-7-12)15-10-14-4-2-3-5-16(14)22(17(15)23)11-18(19,20)21/h2-10H,11H2,1H3. The zero-order chi connectivity index (χ0) is 16.6. The molecule has 2 nitrogen and oxygen atoms in total. The number of hydrogen-bond acceptors (Lipinski definition) is 1. The summed E-state index contributed by atoms with van der Waals surface area (Å²) < 4.78 is 39.4. The Morgan fingerprint density at radius 1 is 1.00 bits per heavy atom. The summed E-state index contributed by atoms with van der Waals surface area (Å²) in [6.07, 6.45) is -4.46. The molecule has 0 saturated carbocycles. The summed E-state index contributed by atoms with van der Waals surface area (Å²) in [4.78, 5) is 12.6. The summed E-state index contributed by atoms with van der Waals surface area (Å²) >= 11 is 0. The van der Waals surface area contributed by atoms with E-state index in [0.29, 0.717) is 10.9 Å². The lowest BCUT2D eigenvalue weighted by Gasteiger charge is -2.15. The van der Waals surface area contributed by atoms with Crippen LogP contribution in [0, 0.1) is 6.92 Å². The molecule has 0 aliphatic heterocycles. The summed E-state index contributed by atoms with van der Waals surface area (Å²) in [5, 5.41) is 0.604. The highest BCUT2D eigenvalue weighted by Gasteiger charge is 2.29. The molecule has 0 aliphatic rings.